The summed E-state index contributed by atoms with van der Waals surface area (Å²) < 4.78 is 118. The van der Waals surface area contributed by atoms with Crippen LogP contribution in [0.1, 0.15) is 0 Å². The van der Waals surface area contributed by atoms with Crippen LogP contribution in [0, 0.1) is 0 Å². The Kier molecular flexibility index (Phi) is 2.99. The van der Waals surface area contributed by atoms with Gasteiger partial charge in [-0.3, -0.25) is 0 Å². The molecule has 0 aliphatic carbocycles. The summed E-state index contributed by atoms with van der Waals surface area (Å²) in [5.74, 6) is -7.47. The van der Waals surface area contributed by atoms with Gasteiger partial charge in [0, 0.05) is 0 Å². The van der Waals surface area contributed by atoms with Crippen LogP contribution in [-0.4, -0.2) is 16.0 Å². The Morgan fingerprint density at radius 3 is 0.933 bits per heavy atom. The summed E-state index contributed by atoms with van der Waals surface area (Å²) in [5, 5.41) is 0. The summed E-state index contributed by atoms with van der Waals surface area (Å²) in [6.07, 6.45) is -7.18. The molecule has 0 bridgehead atoms. The first-order chi connectivity index (χ1) is 6.01. The Labute approximate surface area is 78.2 Å². The molecule has 96 valence electrons. The Bertz CT molecular complexity index is 244. The van der Waals surface area contributed by atoms with Crippen LogP contribution in [0.2, 0.25) is 0 Å². The minimum absolute atomic E-state index is 7.18. The first-order valence-electron chi connectivity index (χ1n) is 2.58. The van der Waals surface area contributed by atoms with Gasteiger partial charge in [-0.25, -0.2) is 0 Å². The molecule has 12 heteroatoms. The second-order valence-electron chi connectivity index (χ2n) is 2.18. The van der Waals surface area contributed by atoms with E-state index in [1.165, 1.54) is 0 Å². The van der Waals surface area contributed by atoms with Crippen LogP contribution in [0.5, 0.6) is 0 Å². The molecular weight excluding hydrogens is 372 g/mol. The Morgan fingerprint density at radius 2 is 0.867 bits per heavy atom. The Morgan fingerprint density at radius 1 is 0.600 bits per heavy atom. The van der Waals surface area contributed by atoms with Crippen molar-refractivity contribution >= 4 is 19.3 Å². The van der Waals surface area contributed by atoms with Gasteiger partial charge in [-0.2, -0.15) is 0 Å². The van der Waals surface area contributed by atoms with E-state index in [0.29, 0.717) is 0 Å². The van der Waals surface area contributed by atoms with Crippen LogP contribution in [0.25, 0.3) is 0 Å². The summed E-state index contributed by atoms with van der Waals surface area (Å²) in [5.41, 5.74) is 0. The number of hydrogen-bond acceptors (Lipinski definition) is 0. The van der Waals surface area contributed by atoms with E-state index in [2.05, 4.69) is 0 Å². The van der Waals surface area contributed by atoms with Gasteiger partial charge in [0.1, 0.15) is 0 Å². The average molecular weight is 372 g/mol. The van der Waals surface area contributed by atoms with E-state index < -0.39 is 35.4 Å². The molecular formula is C3F11I. The molecule has 0 aromatic rings. The van der Waals surface area contributed by atoms with Crippen LogP contribution in [-0.2, 0) is 0 Å². The van der Waals surface area contributed by atoms with Crippen LogP contribution in [0.4, 0.5) is 42.2 Å². The maximum absolute atomic E-state index is 11.7. The molecule has 0 atom stereocenters. The van der Waals surface area contributed by atoms with Crippen molar-refractivity contribution in [2.45, 2.75) is 16.0 Å². The zero-order valence-electron chi connectivity index (χ0n) is 6.04. The average Bonchev–Trinajstić information content (AvgIpc) is 1.79. The Balaban J connectivity index is 5.61. The molecule has 0 saturated carbocycles. The fourth-order valence-electron chi connectivity index (χ4n) is 0.340. The molecule has 0 heterocycles. The molecule has 0 aromatic heterocycles. The number of halogens is 12. The zero-order chi connectivity index (χ0) is 12.9. The van der Waals surface area contributed by atoms with Crippen LogP contribution in [0.3, 0.4) is 0 Å². The van der Waals surface area contributed by atoms with E-state index in [0.717, 1.165) is 0 Å². The summed E-state index contributed by atoms with van der Waals surface area (Å²) in [7, 11) is 0. The molecule has 0 amide bonds. The molecule has 15 heavy (non-hydrogen) atoms. The Hall–Kier alpha value is -0.0400. The summed E-state index contributed by atoms with van der Waals surface area (Å²) in [6, 6.07) is 0. The molecule has 0 rings (SSSR count). The first-order valence-corrected chi connectivity index (χ1v) is 6.92. The number of alkyl halides is 8. The predicted octanol–water partition coefficient (Wildman–Crippen LogP) is 4.89. The molecule has 0 saturated heterocycles. The predicted molar refractivity (Wildman–Crippen MR) is 34.4 cm³/mol. The second kappa shape index (κ2) is 3.00. The van der Waals surface area contributed by atoms with Gasteiger partial charge in [0.2, 0.25) is 0 Å². The second-order valence-corrected chi connectivity index (χ2v) is 7.01. The van der Waals surface area contributed by atoms with Crippen molar-refractivity contribution in [3.8, 4) is 0 Å². The van der Waals surface area contributed by atoms with Gasteiger partial charge in [-0.15, -0.1) is 0 Å². The fraction of sp³-hybridized carbons (Fsp3) is 1.00. The normalized spacial score (nSPS) is 18.5. The van der Waals surface area contributed by atoms with E-state index in [4.69, 9.17) is 0 Å². The van der Waals surface area contributed by atoms with Crippen molar-refractivity contribution in [1.82, 2.24) is 0 Å². The third kappa shape index (κ3) is 2.22. The maximum atomic E-state index is 11.7. The molecule has 0 spiro atoms. The molecule has 0 N–H and O–H groups in total. The van der Waals surface area contributed by atoms with Gasteiger partial charge in [-0.1, -0.05) is 0 Å². The van der Waals surface area contributed by atoms with Gasteiger partial charge in [0.05, 0.1) is 0 Å². The first kappa shape index (κ1) is 15.0. The van der Waals surface area contributed by atoms with E-state index in [9.17, 15) is 42.2 Å². The molecule has 0 aliphatic heterocycles. The quantitative estimate of drug-likeness (QED) is 0.368. The monoisotopic (exact) mass is 372 g/mol. The van der Waals surface area contributed by atoms with Gasteiger partial charge in [0.15, 0.2) is 0 Å². The van der Waals surface area contributed by atoms with Gasteiger partial charge < -0.3 is 0 Å². The van der Waals surface area contributed by atoms with Gasteiger partial charge in [-0.05, 0) is 0 Å². The molecule has 0 aliphatic rings. The zero-order valence-corrected chi connectivity index (χ0v) is 8.19. The molecule has 0 nitrogen and oxygen atoms in total. The summed E-state index contributed by atoms with van der Waals surface area (Å²) in [6.45, 7) is 0. The number of rotatable bonds is 2. The van der Waals surface area contributed by atoms with Gasteiger partial charge >= 0.3 is 77.5 Å². The van der Waals surface area contributed by atoms with E-state index >= 15 is 0 Å². The third-order valence-electron chi connectivity index (χ3n) is 1.07. The van der Waals surface area contributed by atoms with Crippen molar-refractivity contribution in [2.24, 2.45) is 0 Å². The van der Waals surface area contributed by atoms with Crippen molar-refractivity contribution < 1.29 is 42.2 Å². The van der Waals surface area contributed by atoms with E-state index in [1.54, 1.807) is 0 Å². The van der Waals surface area contributed by atoms with E-state index in [-0.39, 0.29) is 0 Å². The van der Waals surface area contributed by atoms with Crippen LogP contribution in [0.15, 0.2) is 0 Å². The fourth-order valence-corrected chi connectivity index (χ4v) is 1.67. The molecule has 0 unspecified atom stereocenters. The topological polar surface area (TPSA) is 0 Å². The number of hydrogen-bond donors (Lipinski definition) is 0. The van der Waals surface area contributed by atoms with E-state index in [1.807, 2.05) is 0 Å². The third-order valence-corrected chi connectivity index (χ3v) is 3.80. The molecule has 0 fully saturated rings. The summed E-state index contributed by atoms with van der Waals surface area (Å²) >= 11 is -11.0. The summed E-state index contributed by atoms with van der Waals surface area (Å²) in [4.78, 5) is 0. The van der Waals surface area contributed by atoms with Crippen LogP contribution < -0.4 is 0 Å². The standard InChI is InChI=1S/C3F11I/c4-1(5,2(6,7)8)3(9,10)15(11,12,13)14. The van der Waals surface area contributed by atoms with Crippen molar-refractivity contribution in [3.05, 3.63) is 0 Å². The van der Waals surface area contributed by atoms with Crippen molar-refractivity contribution in [2.75, 3.05) is 0 Å². The van der Waals surface area contributed by atoms with Gasteiger partial charge in [0.25, 0.3) is 0 Å². The van der Waals surface area contributed by atoms with Crippen LogP contribution >= 0.6 is 19.3 Å². The molecule has 0 radical (unpaired) electrons. The minimum atomic E-state index is -11.0. The van der Waals surface area contributed by atoms with Crippen molar-refractivity contribution in [1.29, 1.82) is 0 Å². The SMILES string of the molecule is FC(F)(F)C(F)(F)C(F)(F)I(F)(F)(F)F. The molecule has 0 aromatic carbocycles. The van der Waals surface area contributed by atoms with Crippen molar-refractivity contribution in [3.63, 3.8) is 0 Å².